The van der Waals surface area contributed by atoms with Crippen molar-refractivity contribution in [3.05, 3.63) is 23.0 Å². The SMILES string of the molecule is COC1=CCC2=C(CC[C@@H]3[C@@H]2CC[C@]2(C)[C@@H](O)CC[C@@H]32)C1. The standard InChI is InChI=1S/C19H28O2/c1-19-10-9-15-14-6-4-13(21-2)11-12(14)3-5-16(15)17(19)7-8-18(19)20/h4,15-18,20H,3,5-11H2,1-2H3/t15-,16-,17+,18+,19+/m1/s1. The molecule has 0 unspecified atom stereocenters. The molecule has 0 aromatic rings. The van der Waals surface area contributed by atoms with Gasteiger partial charge in [0.1, 0.15) is 0 Å². The molecule has 1 N–H and O–H groups in total. The number of ether oxygens (including phenoxy) is 1. The lowest BCUT2D eigenvalue weighted by Gasteiger charge is -2.51. The van der Waals surface area contributed by atoms with Crippen molar-refractivity contribution in [2.24, 2.45) is 23.2 Å². The molecule has 4 aliphatic rings. The molecule has 0 radical (unpaired) electrons. The second kappa shape index (κ2) is 4.87. The predicted octanol–water partition coefficient (Wildman–Crippen LogP) is 4.20. The van der Waals surface area contributed by atoms with Gasteiger partial charge in [0, 0.05) is 6.42 Å². The summed E-state index contributed by atoms with van der Waals surface area (Å²) < 4.78 is 5.47. The maximum atomic E-state index is 10.4. The molecule has 0 bridgehead atoms. The summed E-state index contributed by atoms with van der Waals surface area (Å²) >= 11 is 0. The largest absolute Gasteiger partial charge is 0.501 e. The van der Waals surface area contributed by atoms with E-state index in [4.69, 9.17) is 4.74 Å². The molecule has 4 aliphatic carbocycles. The highest BCUT2D eigenvalue weighted by atomic mass is 16.5. The van der Waals surface area contributed by atoms with Gasteiger partial charge in [0.15, 0.2) is 0 Å². The van der Waals surface area contributed by atoms with Gasteiger partial charge in [-0.1, -0.05) is 18.1 Å². The lowest BCUT2D eigenvalue weighted by atomic mass is 9.54. The molecule has 0 heterocycles. The lowest BCUT2D eigenvalue weighted by molar-refractivity contribution is -0.0312. The fourth-order valence-corrected chi connectivity index (χ4v) is 6.02. The smallest absolute Gasteiger partial charge is 0.0959 e. The van der Waals surface area contributed by atoms with Crippen LogP contribution in [0.15, 0.2) is 23.0 Å². The summed E-state index contributed by atoms with van der Waals surface area (Å²) in [5, 5.41) is 10.4. The van der Waals surface area contributed by atoms with Crippen molar-refractivity contribution in [3.63, 3.8) is 0 Å². The first-order chi connectivity index (χ1) is 10.1. The van der Waals surface area contributed by atoms with Crippen molar-refractivity contribution in [3.8, 4) is 0 Å². The third kappa shape index (κ3) is 1.94. The number of fused-ring (bicyclic) bond motifs is 4. The number of allylic oxidation sites excluding steroid dienone is 3. The summed E-state index contributed by atoms with van der Waals surface area (Å²) in [4.78, 5) is 0. The van der Waals surface area contributed by atoms with Gasteiger partial charge < -0.3 is 9.84 Å². The van der Waals surface area contributed by atoms with E-state index in [1.165, 1.54) is 37.9 Å². The fraction of sp³-hybridized carbons (Fsp3) is 0.789. The van der Waals surface area contributed by atoms with Crippen LogP contribution < -0.4 is 0 Å². The summed E-state index contributed by atoms with van der Waals surface area (Å²) in [7, 11) is 1.80. The van der Waals surface area contributed by atoms with Gasteiger partial charge in [0.05, 0.1) is 19.0 Å². The second-order valence-corrected chi connectivity index (χ2v) is 7.94. The first-order valence-electron chi connectivity index (χ1n) is 8.75. The van der Waals surface area contributed by atoms with E-state index < -0.39 is 0 Å². The average Bonchev–Trinajstić information content (AvgIpc) is 2.82. The van der Waals surface area contributed by atoms with Crippen molar-refractivity contribution in [1.82, 2.24) is 0 Å². The van der Waals surface area contributed by atoms with Crippen LogP contribution in [0.3, 0.4) is 0 Å². The number of methoxy groups -OCH3 is 1. The zero-order valence-corrected chi connectivity index (χ0v) is 13.4. The number of hydrogen-bond acceptors (Lipinski definition) is 2. The van der Waals surface area contributed by atoms with Crippen LogP contribution in [0.1, 0.15) is 58.3 Å². The Bertz CT molecular complexity index is 504. The molecule has 0 spiro atoms. The van der Waals surface area contributed by atoms with Gasteiger partial charge in [0.2, 0.25) is 0 Å². The highest BCUT2D eigenvalue weighted by molar-refractivity contribution is 5.32. The molecular weight excluding hydrogens is 260 g/mol. The third-order valence-electron chi connectivity index (χ3n) is 7.27. The molecular formula is C19H28O2. The monoisotopic (exact) mass is 288 g/mol. The van der Waals surface area contributed by atoms with Crippen molar-refractivity contribution < 1.29 is 9.84 Å². The molecule has 4 rings (SSSR count). The van der Waals surface area contributed by atoms with Crippen LogP contribution in [0.4, 0.5) is 0 Å². The van der Waals surface area contributed by atoms with Gasteiger partial charge in [0.25, 0.3) is 0 Å². The maximum absolute atomic E-state index is 10.4. The second-order valence-electron chi connectivity index (χ2n) is 7.94. The highest BCUT2D eigenvalue weighted by Crippen LogP contribution is 2.61. The number of rotatable bonds is 1. The first kappa shape index (κ1) is 13.9. The number of hydrogen-bond donors (Lipinski definition) is 1. The van der Waals surface area contributed by atoms with E-state index >= 15 is 0 Å². The lowest BCUT2D eigenvalue weighted by Crippen LogP contribution is -2.45. The van der Waals surface area contributed by atoms with Crippen molar-refractivity contribution in [1.29, 1.82) is 0 Å². The summed E-state index contributed by atoms with van der Waals surface area (Å²) in [6, 6.07) is 0. The molecule has 0 saturated heterocycles. The van der Waals surface area contributed by atoms with E-state index in [1.54, 1.807) is 18.3 Å². The number of aliphatic hydroxyl groups excluding tert-OH is 1. The molecule has 0 aromatic heterocycles. The van der Waals surface area contributed by atoms with Crippen LogP contribution in [0.5, 0.6) is 0 Å². The number of aliphatic hydroxyl groups is 1. The molecule has 0 amide bonds. The topological polar surface area (TPSA) is 29.5 Å². The van der Waals surface area contributed by atoms with Crippen molar-refractivity contribution >= 4 is 0 Å². The van der Waals surface area contributed by atoms with E-state index in [1.807, 2.05) is 0 Å². The Morgan fingerprint density at radius 1 is 1.24 bits per heavy atom. The third-order valence-corrected chi connectivity index (χ3v) is 7.27. The van der Waals surface area contributed by atoms with Crippen molar-refractivity contribution in [2.75, 3.05) is 7.11 Å². The Labute approximate surface area is 128 Å². The Balaban J connectivity index is 1.61. The molecule has 2 heteroatoms. The quantitative estimate of drug-likeness (QED) is 0.733. The highest BCUT2D eigenvalue weighted by Gasteiger charge is 2.54. The van der Waals surface area contributed by atoms with Gasteiger partial charge in [-0.3, -0.25) is 0 Å². The molecule has 116 valence electrons. The molecule has 0 aromatic carbocycles. The van der Waals surface area contributed by atoms with Crippen molar-refractivity contribution in [2.45, 2.75) is 64.4 Å². The van der Waals surface area contributed by atoms with Crippen LogP contribution >= 0.6 is 0 Å². The molecule has 0 aliphatic heterocycles. The molecule has 5 atom stereocenters. The van der Waals surface area contributed by atoms with Crippen LogP contribution in [0, 0.1) is 23.2 Å². The van der Waals surface area contributed by atoms with E-state index in [9.17, 15) is 5.11 Å². The zero-order chi connectivity index (χ0) is 14.6. The summed E-state index contributed by atoms with van der Waals surface area (Å²) in [5.74, 6) is 3.56. The minimum absolute atomic E-state index is 0.0508. The van der Waals surface area contributed by atoms with E-state index in [2.05, 4.69) is 13.0 Å². The van der Waals surface area contributed by atoms with E-state index in [0.29, 0.717) is 0 Å². The Kier molecular flexibility index (Phi) is 3.22. The van der Waals surface area contributed by atoms with Gasteiger partial charge in [-0.2, -0.15) is 0 Å². The van der Waals surface area contributed by atoms with Crippen LogP contribution in [0.25, 0.3) is 0 Å². The minimum Gasteiger partial charge on any atom is -0.501 e. The summed E-state index contributed by atoms with van der Waals surface area (Å²) in [5.41, 5.74) is 3.63. The average molecular weight is 288 g/mol. The Hall–Kier alpha value is -0.760. The van der Waals surface area contributed by atoms with Crippen LogP contribution in [0.2, 0.25) is 0 Å². The van der Waals surface area contributed by atoms with E-state index in [-0.39, 0.29) is 11.5 Å². The predicted molar refractivity (Wildman–Crippen MR) is 83.6 cm³/mol. The van der Waals surface area contributed by atoms with Gasteiger partial charge in [-0.25, -0.2) is 0 Å². The first-order valence-corrected chi connectivity index (χ1v) is 8.75. The van der Waals surface area contributed by atoms with Gasteiger partial charge in [-0.15, -0.1) is 0 Å². The summed E-state index contributed by atoms with van der Waals surface area (Å²) in [6.07, 6.45) is 11.8. The van der Waals surface area contributed by atoms with Crippen LogP contribution in [-0.2, 0) is 4.74 Å². The fourth-order valence-electron chi connectivity index (χ4n) is 6.02. The Morgan fingerprint density at radius 3 is 2.90 bits per heavy atom. The minimum atomic E-state index is -0.0508. The molecule has 2 nitrogen and oxygen atoms in total. The molecule has 2 saturated carbocycles. The molecule has 21 heavy (non-hydrogen) atoms. The van der Waals surface area contributed by atoms with Gasteiger partial charge >= 0.3 is 0 Å². The van der Waals surface area contributed by atoms with E-state index in [0.717, 1.165) is 37.0 Å². The van der Waals surface area contributed by atoms with Gasteiger partial charge in [-0.05, 0) is 74.2 Å². The molecule has 2 fully saturated rings. The normalized spacial score (nSPS) is 45.6. The maximum Gasteiger partial charge on any atom is 0.0959 e. The van der Waals surface area contributed by atoms with Crippen LogP contribution in [-0.4, -0.2) is 18.3 Å². The summed E-state index contributed by atoms with van der Waals surface area (Å²) in [6.45, 7) is 2.36. The Morgan fingerprint density at radius 2 is 2.10 bits per heavy atom. The zero-order valence-electron chi connectivity index (χ0n) is 13.4.